The monoisotopic (exact) mass is 353 g/mol. The summed E-state index contributed by atoms with van der Waals surface area (Å²) in [5.41, 5.74) is 6.36. The van der Waals surface area contributed by atoms with E-state index >= 15 is 0 Å². The van der Waals surface area contributed by atoms with Gasteiger partial charge in [0.1, 0.15) is 12.6 Å². The maximum absolute atomic E-state index is 12.2. The molecule has 2 aromatic rings. The van der Waals surface area contributed by atoms with Crippen LogP contribution in [0.4, 0.5) is 0 Å². The smallest absolute Gasteiger partial charge is 0.376 e. The number of nitrogens with one attached hydrogen (secondary N) is 1. The highest BCUT2D eigenvalue weighted by Gasteiger charge is 2.31. The second-order valence-electron chi connectivity index (χ2n) is 7.00. The third-order valence-corrected chi connectivity index (χ3v) is 4.72. The van der Waals surface area contributed by atoms with E-state index in [1.165, 1.54) is 0 Å². The van der Waals surface area contributed by atoms with E-state index in [1.54, 1.807) is 0 Å². The molecule has 5 nitrogen and oxygen atoms in total. The van der Waals surface area contributed by atoms with Gasteiger partial charge >= 0.3 is 5.97 Å². The van der Waals surface area contributed by atoms with Crippen LogP contribution in [0.2, 0.25) is 0 Å². The van der Waals surface area contributed by atoms with E-state index in [-0.39, 0.29) is 18.4 Å². The fourth-order valence-corrected chi connectivity index (χ4v) is 3.50. The summed E-state index contributed by atoms with van der Waals surface area (Å²) in [7, 11) is 0. The van der Waals surface area contributed by atoms with Crippen molar-refractivity contribution in [2.75, 3.05) is 6.61 Å². The molecule has 26 heavy (non-hydrogen) atoms. The van der Waals surface area contributed by atoms with Gasteiger partial charge in [-0.2, -0.15) is 5.48 Å². The molecule has 0 amide bonds. The van der Waals surface area contributed by atoms with Gasteiger partial charge in [0.25, 0.3) is 5.78 Å². The second-order valence-corrected chi connectivity index (χ2v) is 7.00. The molecule has 2 N–H and O–H groups in total. The minimum absolute atomic E-state index is 0.0928. The number of ketones is 1. The van der Waals surface area contributed by atoms with Crippen molar-refractivity contribution in [1.82, 2.24) is 5.48 Å². The average Bonchev–Trinajstić information content (AvgIpc) is 2.97. The summed E-state index contributed by atoms with van der Waals surface area (Å²) in [6, 6.07) is 15.1. The molecule has 0 spiro atoms. The SMILES string of the molecule is CC(C)C[C@H](NO)C(=O)C(=O)OCC1c2ccccc2-c2ccccc21. The Hall–Kier alpha value is -2.50. The Morgan fingerprint density at radius 1 is 1.04 bits per heavy atom. The van der Waals surface area contributed by atoms with E-state index in [9.17, 15) is 9.59 Å². The number of hydroxylamine groups is 1. The Balaban J connectivity index is 1.74. The van der Waals surface area contributed by atoms with Crippen LogP contribution >= 0.6 is 0 Å². The van der Waals surface area contributed by atoms with Crippen molar-refractivity contribution in [3.8, 4) is 11.1 Å². The molecule has 0 bridgehead atoms. The molecule has 1 aliphatic carbocycles. The zero-order chi connectivity index (χ0) is 18.7. The lowest BCUT2D eigenvalue weighted by Gasteiger charge is -2.17. The maximum Gasteiger partial charge on any atom is 0.376 e. The minimum Gasteiger partial charge on any atom is -0.459 e. The lowest BCUT2D eigenvalue weighted by molar-refractivity contribution is -0.156. The number of carbonyl (C=O) groups is 2. The topological polar surface area (TPSA) is 75.6 Å². The lowest BCUT2D eigenvalue weighted by Crippen LogP contribution is -2.41. The number of hydrogen-bond donors (Lipinski definition) is 2. The van der Waals surface area contributed by atoms with Crippen molar-refractivity contribution in [2.24, 2.45) is 5.92 Å². The highest BCUT2D eigenvalue weighted by atomic mass is 16.5. The summed E-state index contributed by atoms with van der Waals surface area (Å²) < 4.78 is 5.33. The summed E-state index contributed by atoms with van der Waals surface area (Å²) in [6.07, 6.45) is 0.361. The molecule has 1 aliphatic rings. The summed E-state index contributed by atoms with van der Waals surface area (Å²) in [4.78, 5) is 24.4. The van der Waals surface area contributed by atoms with Gasteiger partial charge in [0, 0.05) is 5.92 Å². The minimum atomic E-state index is -0.939. The van der Waals surface area contributed by atoms with Gasteiger partial charge in [-0.15, -0.1) is 0 Å². The summed E-state index contributed by atoms with van der Waals surface area (Å²) >= 11 is 0. The van der Waals surface area contributed by atoms with Gasteiger partial charge in [0.15, 0.2) is 0 Å². The molecule has 0 saturated carbocycles. The first-order chi connectivity index (χ1) is 12.5. The van der Waals surface area contributed by atoms with E-state index in [1.807, 2.05) is 55.7 Å². The molecule has 0 unspecified atom stereocenters. The molecule has 3 rings (SSSR count). The van der Waals surface area contributed by atoms with Crippen LogP contribution in [0.3, 0.4) is 0 Å². The highest BCUT2D eigenvalue weighted by molar-refractivity contribution is 6.35. The Bertz CT molecular complexity index is 770. The first-order valence-electron chi connectivity index (χ1n) is 8.81. The average molecular weight is 353 g/mol. The van der Waals surface area contributed by atoms with Gasteiger partial charge < -0.3 is 9.94 Å². The van der Waals surface area contributed by atoms with E-state index in [2.05, 4.69) is 12.1 Å². The maximum atomic E-state index is 12.2. The molecular formula is C21H23NO4. The summed E-state index contributed by atoms with van der Waals surface area (Å²) in [5.74, 6) is -1.60. The number of benzene rings is 2. The molecule has 0 fully saturated rings. The third-order valence-electron chi connectivity index (χ3n) is 4.72. The Morgan fingerprint density at radius 3 is 2.08 bits per heavy atom. The summed E-state index contributed by atoms with van der Waals surface area (Å²) in [6.45, 7) is 3.92. The van der Waals surface area contributed by atoms with E-state index in [0.29, 0.717) is 6.42 Å². The van der Waals surface area contributed by atoms with Crippen molar-refractivity contribution in [3.05, 3.63) is 59.7 Å². The molecule has 136 valence electrons. The molecule has 0 aliphatic heterocycles. The standard InChI is InChI=1S/C21H23NO4/c1-13(2)11-19(22-25)20(23)21(24)26-12-18-16-9-5-3-7-14(16)15-8-4-6-10-17(15)18/h3-10,13,18-19,22,25H,11-12H2,1-2H3/t19-/m0/s1. The van der Waals surface area contributed by atoms with Crippen molar-refractivity contribution < 1.29 is 19.5 Å². The number of esters is 1. The Morgan fingerprint density at radius 2 is 1.58 bits per heavy atom. The molecule has 0 aromatic heterocycles. The number of Topliss-reactive ketones (excluding diaryl/α,β-unsaturated/α-hetero) is 1. The molecule has 0 radical (unpaired) electrons. The van der Waals surface area contributed by atoms with Crippen LogP contribution in [0, 0.1) is 5.92 Å². The molecule has 5 heteroatoms. The molecule has 1 atom stereocenters. The van der Waals surface area contributed by atoms with Gasteiger partial charge in [0.05, 0.1) is 0 Å². The van der Waals surface area contributed by atoms with Crippen LogP contribution < -0.4 is 5.48 Å². The first kappa shape index (κ1) is 18.3. The third kappa shape index (κ3) is 3.54. The van der Waals surface area contributed by atoms with Gasteiger partial charge in [-0.1, -0.05) is 62.4 Å². The summed E-state index contributed by atoms with van der Waals surface area (Å²) in [5, 5.41) is 9.16. The normalized spacial score (nSPS) is 14.0. The van der Waals surface area contributed by atoms with E-state index in [4.69, 9.17) is 9.94 Å². The van der Waals surface area contributed by atoms with Gasteiger partial charge in [-0.25, -0.2) is 4.79 Å². The van der Waals surface area contributed by atoms with Crippen LogP contribution in [0.25, 0.3) is 11.1 Å². The van der Waals surface area contributed by atoms with Crippen molar-refractivity contribution in [3.63, 3.8) is 0 Å². The number of rotatable bonds is 7. The Labute approximate surface area is 153 Å². The number of ether oxygens (including phenoxy) is 1. The van der Waals surface area contributed by atoms with Gasteiger partial charge in [0.2, 0.25) is 0 Å². The molecule has 0 saturated heterocycles. The predicted molar refractivity (Wildman–Crippen MR) is 97.9 cm³/mol. The van der Waals surface area contributed by atoms with Crippen molar-refractivity contribution >= 4 is 11.8 Å². The number of fused-ring (bicyclic) bond motifs is 3. The van der Waals surface area contributed by atoms with Crippen LogP contribution in [0.1, 0.15) is 37.3 Å². The molecule has 2 aromatic carbocycles. The quantitative estimate of drug-likeness (QED) is 0.454. The lowest BCUT2D eigenvalue weighted by atomic mass is 9.98. The molecular weight excluding hydrogens is 330 g/mol. The van der Waals surface area contributed by atoms with Crippen LogP contribution in [-0.2, 0) is 14.3 Å². The van der Waals surface area contributed by atoms with Crippen molar-refractivity contribution in [1.29, 1.82) is 0 Å². The largest absolute Gasteiger partial charge is 0.459 e. The van der Waals surface area contributed by atoms with E-state index < -0.39 is 17.8 Å². The van der Waals surface area contributed by atoms with Crippen molar-refractivity contribution in [2.45, 2.75) is 32.2 Å². The van der Waals surface area contributed by atoms with Crippen LogP contribution in [0.5, 0.6) is 0 Å². The number of hydrogen-bond acceptors (Lipinski definition) is 5. The first-order valence-corrected chi connectivity index (χ1v) is 8.81. The van der Waals surface area contributed by atoms with E-state index in [0.717, 1.165) is 22.3 Å². The fourth-order valence-electron chi connectivity index (χ4n) is 3.50. The number of carbonyl (C=O) groups excluding carboxylic acids is 2. The van der Waals surface area contributed by atoms with Gasteiger partial charge in [-0.3, -0.25) is 4.79 Å². The second kappa shape index (κ2) is 7.81. The van der Waals surface area contributed by atoms with Crippen LogP contribution in [0.15, 0.2) is 48.5 Å². The highest BCUT2D eigenvalue weighted by Crippen LogP contribution is 2.44. The Kier molecular flexibility index (Phi) is 5.49. The van der Waals surface area contributed by atoms with Crippen LogP contribution in [-0.4, -0.2) is 29.6 Å². The van der Waals surface area contributed by atoms with Gasteiger partial charge in [-0.05, 0) is 34.6 Å². The zero-order valence-corrected chi connectivity index (χ0v) is 14.9. The fraction of sp³-hybridized carbons (Fsp3) is 0.333. The predicted octanol–water partition coefficient (Wildman–Crippen LogP) is 3.30. The molecule has 0 heterocycles. The zero-order valence-electron chi connectivity index (χ0n) is 14.9.